The summed E-state index contributed by atoms with van der Waals surface area (Å²) in [7, 11) is 0. The molecule has 0 fully saturated rings. The summed E-state index contributed by atoms with van der Waals surface area (Å²) in [5.74, 6) is -0.144. The molecule has 0 spiro atoms. The number of rotatable bonds is 5. The number of amides is 4. The molecule has 7 heteroatoms. The van der Waals surface area contributed by atoms with Gasteiger partial charge >= 0.3 is 6.03 Å². The lowest BCUT2D eigenvalue weighted by Gasteiger charge is -2.20. The van der Waals surface area contributed by atoms with Gasteiger partial charge in [0.05, 0.1) is 6.04 Å². The summed E-state index contributed by atoms with van der Waals surface area (Å²) in [5.41, 5.74) is 9.35. The molecule has 1 atom stereocenters. The molecule has 1 aliphatic rings. The number of nitrogens with two attached hydrogens (primary N) is 1. The second kappa shape index (κ2) is 7.90. The van der Waals surface area contributed by atoms with Crippen molar-refractivity contribution in [1.29, 1.82) is 0 Å². The maximum absolute atomic E-state index is 12.5. The molecule has 7 nitrogen and oxygen atoms in total. The van der Waals surface area contributed by atoms with Gasteiger partial charge in [-0.1, -0.05) is 24.3 Å². The highest BCUT2D eigenvalue weighted by Gasteiger charge is 2.17. The van der Waals surface area contributed by atoms with Crippen LogP contribution in [0.3, 0.4) is 0 Å². The number of nitrogens with one attached hydrogen (secondary N) is 3. The number of urea groups is 1. The predicted octanol–water partition coefficient (Wildman–Crippen LogP) is 2.23. The molecular weight excluding hydrogens is 344 g/mol. The zero-order valence-corrected chi connectivity index (χ0v) is 15.0. The first-order valence-electron chi connectivity index (χ1n) is 8.78. The smallest absolute Gasteiger partial charge is 0.312 e. The van der Waals surface area contributed by atoms with Crippen molar-refractivity contribution >= 4 is 23.5 Å². The van der Waals surface area contributed by atoms with Crippen LogP contribution >= 0.6 is 0 Å². The third-order valence-corrected chi connectivity index (χ3v) is 4.56. The van der Waals surface area contributed by atoms with Crippen molar-refractivity contribution in [2.45, 2.75) is 32.4 Å². The van der Waals surface area contributed by atoms with Crippen LogP contribution < -0.4 is 21.7 Å². The lowest BCUT2D eigenvalue weighted by Crippen LogP contribution is -2.29. The quantitative estimate of drug-likeness (QED) is 0.651. The molecule has 1 heterocycles. The van der Waals surface area contributed by atoms with Gasteiger partial charge in [-0.3, -0.25) is 9.59 Å². The van der Waals surface area contributed by atoms with Gasteiger partial charge in [0.1, 0.15) is 0 Å². The van der Waals surface area contributed by atoms with Gasteiger partial charge in [-0.25, -0.2) is 4.79 Å². The van der Waals surface area contributed by atoms with Crippen LogP contribution in [0.4, 0.5) is 10.5 Å². The van der Waals surface area contributed by atoms with Crippen molar-refractivity contribution in [3.63, 3.8) is 0 Å². The van der Waals surface area contributed by atoms with Crippen molar-refractivity contribution in [3.05, 3.63) is 64.7 Å². The first kappa shape index (κ1) is 18.4. The van der Waals surface area contributed by atoms with Crippen molar-refractivity contribution in [1.82, 2.24) is 10.6 Å². The molecule has 1 aliphatic heterocycles. The van der Waals surface area contributed by atoms with E-state index in [1.807, 2.05) is 25.1 Å². The standard InChI is InChI=1S/C20H22N4O3/c1-12(15-6-8-17-16(10-15)7-9-18(25)24-17)23-19(26)14-4-2-13(3-5-14)11-22-20(21)27/h2-6,8,10,12H,7,9,11H2,1H3,(H,23,26)(H,24,25)(H3,21,22,27). The Bertz CT molecular complexity index is 877. The van der Waals surface area contributed by atoms with Gasteiger partial charge in [-0.15, -0.1) is 0 Å². The highest BCUT2D eigenvalue weighted by atomic mass is 16.2. The van der Waals surface area contributed by atoms with E-state index in [4.69, 9.17) is 5.73 Å². The number of carbonyl (C=O) groups excluding carboxylic acids is 3. The van der Waals surface area contributed by atoms with Gasteiger partial charge in [0, 0.05) is 24.2 Å². The van der Waals surface area contributed by atoms with Crippen molar-refractivity contribution < 1.29 is 14.4 Å². The fourth-order valence-corrected chi connectivity index (χ4v) is 3.00. The van der Waals surface area contributed by atoms with E-state index in [1.54, 1.807) is 24.3 Å². The van der Waals surface area contributed by atoms with Gasteiger partial charge in [0.2, 0.25) is 5.91 Å². The molecule has 0 saturated carbocycles. The van der Waals surface area contributed by atoms with Crippen LogP contribution in [0.2, 0.25) is 0 Å². The van der Waals surface area contributed by atoms with Crippen molar-refractivity contribution in [3.8, 4) is 0 Å². The molecule has 0 saturated heterocycles. The molecule has 27 heavy (non-hydrogen) atoms. The van der Waals surface area contributed by atoms with Crippen LogP contribution in [0.5, 0.6) is 0 Å². The summed E-state index contributed by atoms with van der Waals surface area (Å²) in [6.45, 7) is 2.24. The number of benzene rings is 2. The highest BCUT2D eigenvalue weighted by Crippen LogP contribution is 2.26. The van der Waals surface area contributed by atoms with Gasteiger partial charge in [0.25, 0.3) is 5.91 Å². The second-order valence-corrected chi connectivity index (χ2v) is 6.57. The van der Waals surface area contributed by atoms with E-state index >= 15 is 0 Å². The van der Waals surface area contributed by atoms with Crippen LogP contribution in [-0.2, 0) is 17.8 Å². The van der Waals surface area contributed by atoms with Crippen molar-refractivity contribution in [2.24, 2.45) is 5.73 Å². The molecule has 2 aromatic carbocycles. The number of fused-ring (bicyclic) bond motifs is 1. The minimum absolute atomic E-state index is 0.0334. The SMILES string of the molecule is CC(NC(=O)c1ccc(CNC(N)=O)cc1)c1ccc2c(c1)CCC(=O)N2. The number of carbonyl (C=O) groups is 3. The minimum Gasteiger partial charge on any atom is -0.352 e. The van der Waals surface area contributed by atoms with Crippen LogP contribution in [0.1, 0.15) is 46.4 Å². The van der Waals surface area contributed by atoms with E-state index in [9.17, 15) is 14.4 Å². The molecule has 0 radical (unpaired) electrons. The molecule has 0 aliphatic carbocycles. The molecule has 5 N–H and O–H groups in total. The van der Waals surface area contributed by atoms with E-state index in [0.717, 1.165) is 22.4 Å². The molecular formula is C20H22N4O3. The monoisotopic (exact) mass is 366 g/mol. The maximum Gasteiger partial charge on any atom is 0.312 e. The van der Waals surface area contributed by atoms with E-state index in [0.29, 0.717) is 24.9 Å². The van der Waals surface area contributed by atoms with Gasteiger partial charge in [-0.2, -0.15) is 0 Å². The summed E-state index contributed by atoms with van der Waals surface area (Å²) >= 11 is 0. The van der Waals surface area contributed by atoms with E-state index in [1.165, 1.54) is 0 Å². The summed E-state index contributed by atoms with van der Waals surface area (Å²) in [6.07, 6.45) is 1.19. The fourth-order valence-electron chi connectivity index (χ4n) is 3.00. The average molecular weight is 366 g/mol. The Morgan fingerprint density at radius 3 is 2.59 bits per heavy atom. The Balaban J connectivity index is 1.63. The van der Waals surface area contributed by atoms with E-state index in [2.05, 4.69) is 16.0 Å². The Hall–Kier alpha value is -3.35. The van der Waals surface area contributed by atoms with Crippen LogP contribution in [-0.4, -0.2) is 17.8 Å². The highest BCUT2D eigenvalue weighted by molar-refractivity contribution is 5.95. The summed E-state index contributed by atoms with van der Waals surface area (Å²) in [4.78, 5) is 34.7. The van der Waals surface area contributed by atoms with Crippen molar-refractivity contribution in [2.75, 3.05) is 5.32 Å². The van der Waals surface area contributed by atoms with Gasteiger partial charge < -0.3 is 21.7 Å². The molecule has 4 amide bonds. The van der Waals surface area contributed by atoms with E-state index < -0.39 is 6.03 Å². The predicted molar refractivity (Wildman–Crippen MR) is 102 cm³/mol. The molecule has 0 aromatic heterocycles. The zero-order valence-electron chi connectivity index (χ0n) is 15.0. The van der Waals surface area contributed by atoms with E-state index in [-0.39, 0.29) is 17.9 Å². The first-order valence-corrected chi connectivity index (χ1v) is 8.78. The number of hydrogen-bond donors (Lipinski definition) is 4. The number of aryl methyl sites for hydroxylation is 1. The van der Waals surface area contributed by atoms with Crippen LogP contribution in [0, 0.1) is 0 Å². The molecule has 140 valence electrons. The molecule has 3 rings (SSSR count). The average Bonchev–Trinajstić information content (AvgIpc) is 2.66. The fraction of sp³-hybridized carbons (Fsp3) is 0.250. The number of hydrogen-bond acceptors (Lipinski definition) is 3. The minimum atomic E-state index is -0.588. The van der Waals surface area contributed by atoms with Gasteiger partial charge in [0.15, 0.2) is 0 Å². The molecule has 2 aromatic rings. The Morgan fingerprint density at radius 1 is 1.15 bits per heavy atom. The van der Waals surface area contributed by atoms with Gasteiger partial charge in [-0.05, 0) is 48.2 Å². The second-order valence-electron chi connectivity index (χ2n) is 6.57. The number of primary amides is 1. The first-order chi connectivity index (χ1) is 12.9. The third-order valence-electron chi connectivity index (χ3n) is 4.56. The molecule has 0 bridgehead atoms. The summed E-state index contributed by atoms with van der Waals surface area (Å²) in [6, 6.07) is 12.0. The normalized spacial score (nSPS) is 13.9. The molecule has 1 unspecified atom stereocenters. The maximum atomic E-state index is 12.5. The third kappa shape index (κ3) is 4.63. The Kier molecular flexibility index (Phi) is 5.40. The Morgan fingerprint density at radius 2 is 1.89 bits per heavy atom. The van der Waals surface area contributed by atoms with Crippen LogP contribution in [0.25, 0.3) is 0 Å². The van der Waals surface area contributed by atoms with Crippen LogP contribution in [0.15, 0.2) is 42.5 Å². The lowest BCUT2D eigenvalue weighted by atomic mass is 9.97. The lowest BCUT2D eigenvalue weighted by molar-refractivity contribution is -0.116. The number of anilines is 1. The Labute approximate surface area is 157 Å². The zero-order chi connectivity index (χ0) is 19.4. The summed E-state index contributed by atoms with van der Waals surface area (Å²) < 4.78 is 0. The largest absolute Gasteiger partial charge is 0.352 e. The summed E-state index contributed by atoms with van der Waals surface area (Å²) in [5, 5.41) is 8.34. The topological polar surface area (TPSA) is 113 Å².